The van der Waals surface area contributed by atoms with Gasteiger partial charge in [0.1, 0.15) is 5.82 Å². The molecule has 0 saturated heterocycles. The Hall–Kier alpha value is -2.96. The quantitative estimate of drug-likeness (QED) is 0.723. The van der Waals surface area contributed by atoms with Crippen molar-refractivity contribution in [3.63, 3.8) is 0 Å². The number of aryl methyl sites for hydroxylation is 1. The number of nitrogens with zero attached hydrogens (tertiary/aromatic N) is 4. The summed E-state index contributed by atoms with van der Waals surface area (Å²) in [4.78, 5) is 18.5. The first-order valence-electron chi connectivity index (χ1n) is 8.70. The van der Waals surface area contributed by atoms with Crippen molar-refractivity contribution in [1.82, 2.24) is 19.7 Å². The van der Waals surface area contributed by atoms with Gasteiger partial charge in [0.15, 0.2) is 5.65 Å². The lowest BCUT2D eigenvalue weighted by molar-refractivity contribution is 0.133. The molecule has 1 aromatic carbocycles. The van der Waals surface area contributed by atoms with E-state index in [4.69, 9.17) is 4.74 Å². The Kier molecular flexibility index (Phi) is 3.25. The maximum absolute atomic E-state index is 13.2. The minimum absolute atomic E-state index is 0.308. The number of amides is 1. The first-order chi connectivity index (χ1) is 12.6. The standard InChI is InChI=1S/C19H17FN4O2/c1-11-16-8-13-10-23(9-12-2-3-12)19(25)26-18(13)21-17(16)24(22-11)15-6-4-14(20)5-7-15/h4-8,12H,2-3,9-10H2,1H3. The second-order valence-corrected chi connectivity index (χ2v) is 6.99. The second kappa shape index (κ2) is 5.52. The predicted octanol–water partition coefficient (Wildman–Crippen LogP) is 3.59. The van der Waals surface area contributed by atoms with Gasteiger partial charge < -0.3 is 9.64 Å². The van der Waals surface area contributed by atoms with Crippen molar-refractivity contribution in [2.45, 2.75) is 26.3 Å². The molecule has 1 amide bonds. The van der Waals surface area contributed by atoms with E-state index in [1.165, 1.54) is 25.0 Å². The van der Waals surface area contributed by atoms with Crippen molar-refractivity contribution >= 4 is 17.1 Å². The predicted molar refractivity (Wildman–Crippen MR) is 92.7 cm³/mol. The van der Waals surface area contributed by atoms with Gasteiger partial charge >= 0.3 is 6.09 Å². The van der Waals surface area contributed by atoms with Crippen LogP contribution in [0, 0.1) is 18.7 Å². The highest BCUT2D eigenvalue weighted by Crippen LogP contribution is 2.34. The van der Waals surface area contributed by atoms with E-state index in [2.05, 4.69) is 10.1 Å². The fourth-order valence-electron chi connectivity index (χ4n) is 3.34. The molecule has 26 heavy (non-hydrogen) atoms. The van der Waals surface area contributed by atoms with E-state index >= 15 is 0 Å². The average molecular weight is 352 g/mol. The third-order valence-corrected chi connectivity index (χ3v) is 4.93. The molecule has 7 heteroatoms. The number of benzene rings is 1. The molecule has 3 heterocycles. The van der Waals surface area contributed by atoms with Gasteiger partial charge in [0.2, 0.25) is 5.88 Å². The van der Waals surface area contributed by atoms with Crippen molar-refractivity contribution in [3.05, 3.63) is 47.4 Å². The molecule has 0 N–H and O–H groups in total. The molecule has 0 atom stereocenters. The lowest BCUT2D eigenvalue weighted by atomic mass is 10.1. The average Bonchev–Trinajstić information content (AvgIpc) is 3.39. The van der Waals surface area contributed by atoms with Crippen LogP contribution in [-0.4, -0.2) is 32.3 Å². The maximum atomic E-state index is 13.2. The summed E-state index contributed by atoms with van der Waals surface area (Å²) in [6.45, 7) is 3.16. The normalized spacial score (nSPS) is 16.7. The number of pyridine rings is 1. The van der Waals surface area contributed by atoms with Crippen molar-refractivity contribution in [1.29, 1.82) is 0 Å². The van der Waals surface area contributed by atoms with Crippen molar-refractivity contribution < 1.29 is 13.9 Å². The number of halogens is 1. The van der Waals surface area contributed by atoms with Gasteiger partial charge in [-0.25, -0.2) is 13.9 Å². The number of carbonyl (C=O) groups excluding carboxylic acids is 1. The van der Waals surface area contributed by atoms with Crippen LogP contribution in [0.15, 0.2) is 30.3 Å². The van der Waals surface area contributed by atoms with Gasteiger partial charge in [-0.2, -0.15) is 10.1 Å². The zero-order valence-corrected chi connectivity index (χ0v) is 14.3. The van der Waals surface area contributed by atoms with Gasteiger partial charge in [-0.3, -0.25) is 0 Å². The van der Waals surface area contributed by atoms with Gasteiger partial charge in [0.05, 0.1) is 17.9 Å². The minimum Gasteiger partial charge on any atom is -0.391 e. The number of ether oxygens (including phenoxy) is 1. The zero-order chi connectivity index (χ0) is 17.8. The van der Waals surface area contributed by atoms with Gasteiger partial charge in [0, 0.05) is 17.5 Å². The largest absolute Gasteiger partial charge is 0.416 e. The summed E-state index contributed by atoms with van der Waals surface area (Å²) in [5.41, 5.74) is 3.01. The molecule has 1 aliphatic carbocycles. The molecular formula is C19H17FN4O2. The van der Waals surface area contributed by atoms with E-state index < -0.39 is 0 Å². The Bertz CT molecular complexity index is 1020. The van der Waals surface area contributed by atoms with Gasteiger partial charge in [-0.1, -0.05) is 0 Å². The number of hydrogen-bond donors (Lipinski definition) is 0. The molecule has 2 aromatic heterocycles. The van der Waals surface area contributed by atoms with E-state index in [1.54, 1.807) is 21.7 Å². The fourth-order valence-corrected chi connectivity index (χ4v) is 3.34. The highest BCUT2D eigenvalue weighted by atomic mass is 19.1. The molecule has 0 radical (unpaired) electrons. The first-order valence-corrected chi connectivity index (χ1v) is 8.70. The van der Waals surface area contributed by atoms with E-state index in [9.17, 15) is 9.18 Å². The monoisotopic (exact) mass is 352 g/mol. The Morgan fingerprint density at radius 1 is 1.27 bits per heavy atom. The molecule has 5 rings (SSSR count). The first kappa shape index (κ1) is 15.3. The van der Waals surface area contributed by atoms with Crippen molar-refractivity contribution in [2.24, 2.45) is 5.92 Å². The third kappa shape index (κ3) is 2.51. The van der Waals surface area contributed by atoms with Crippen molar-refractivity contribution in [3.8, 4) is 11.6 Å². The number of rotatable bonds is 3. The fraction of sp³-hybridized carbons (Fsp3) is 0.316. The lowest BCUT2D eigenvalue weighted by Crippen LogP contribution is -2.38. The molecule has 3 aromatic rings. The van der Waals surface area contributed by atoms with Gasteiger partial charge in [-0.15, -0.1) is 0 Å². The molecule has 132 valence electrons. The van der Waals surface area contributed by atoms with E-state index in [-0.39, 0.29) is 11.9 Å². The van der Waals surface area contributed by atoms with Crippen LogP contribution < -0.4 is 4.74 Å². The SMILES string of the molecule is Cc1nn(-c2ccc(F)cc2)c2nc3c(cc12)CN(CC1CC1)C(=O)O3. The molecule has 6 nitrogen and oxygen atoms in total. The maximum Gasteiger partial charge on any atom is 0.416 e. The second-order valence-electron chi connectivity index (χ2n) is 6.99. The summed E-state index contributed by atoms with van der Waals surface area (Å²) in [5, 5.41) is 5.44. The van der Waals surface area contributed by atoms with Gasteiger partial charge in [-0.05, 0) is 56.0 Å². The molecule has 0 bridgehead atoms. The molecule has 2 aliphatic rings. The summed E-state index contributed by atoms with van der Waals surface area (Å²) < 4.78 is 20.3. The minimum atomic E-state index is -0.346. The summed E-state index contributed by atoms with van der Waals surface area (Å²) in [7, 11) is 0. The molecule has 1 aliphatic heterocycles. The number of aromatic nitrogens is 3. The van der Waals surface area contributed by atoms with Crippen LogP contribution in [0.4, 0.5) is 9.18 Å². The van der Waals surface area contributed by atoms with Gasteiger partial charge in [0.25, 0.3) is 0 Å². The van der Waals surface area contributed by atoms with Crippen LogP contribution in [0.5, 0.6) is 5.88 Å². The summed E-state index contributed by atoms with van der Waals surface area (Å²) in [5.74, 6) is 0.624. The van der Waals surface area contributed by atoms with Crippen LogP contribution in [0.2, 0.25) is 0 Å². The van der Waals surface area contributed by atoms with E-state index in [1.807, 2.05) is 13.0 Å². The molecule has 1 fully saturated rings. The topological polar surface area (TPSA) is 60.2 Å². The highest BCUT2D eigenvalue weighted by Gasteiger charge is 2.32. The van der Waals surface area contributed by atoms with E-state index in [0.29, 0.717) is 29.7 Å². The molecule has 1 saturated carbocycles. The van der Waals surface area contributed by atoms with Crippen molar-refractivity contribution in [2.75, 3.05) is 6.54 Å². The van der Waals surface area contributed by atoms with Crippen LogP contribution in [-0.2, 0) is 6.54 Å². The highest BCUT2D eigenvalue weighted by molar-refractivity contribution is 5.83. The Labute approximate surface area is 149 Å². The smallest absolute Gasteiger partial charge is 0.391 e. The Morgan fingerprint density at radius 3 is 2.77 bits per heavy atom. The Morgan fingerprint density at radius 2 is 2.04 bits per heavy atom. The third-order valence-electron chi connectivity index (χ3n) is 4.93. The number of hydrogen-bond acceptors (Lipinski definition) is 4. The Balaban J connectivity index is 1.58. The molecule has 0 unspecified atom stereocenters. The van der Waals surface area contributed by atoms with E-state index in [0.717, 1.165) is 23.2 Å². The van der Waals surface area contributed by atoms with Crippen LogP contribution in [0.1, 0.15) is 24.1 Å². The number of carbonyl (C=O) groups is 1. The van der Waals surface area contributed by atoms with Crippen LogP contribution >= 0.6 is 0 Å². The zero-order valence-electron chi connectivity index (χ0n) is 14.3. The summed E-state index contributed by atoms with van der Waals surface area (Å²) >= 11 is 0. The number of fused-ring (bicyclic) bond motifs is 2. The summed E-state index contributed by atoms with van der Waals surface area (Å²) in [6.07, 6.45) is 2.01. The summed E-state index contributed by atoms with van der Waals surface area (Å²) in [6, 6.07) is 8.04. The van der Waals surface area contributed by atoms with Crippen LogP contribution in [0.3, 0.4) is 0 Å². The molecule has 0 spiro atoms. The lowest BCUT2D eigenvalue weighted by Gasteiger charge is -2.27. The molecular weight excluding hydrogens is 335 g/mol. The van der Waals surface area contributed by atoms with Crippen LogP contribution in [0.25, 0.3) is 16.7 Å².